The first-order valence-electron chi connectivity index (χ1n) is 7.37. The van der Waals surface area contributed by atoms with Crippen LogP contribution in [0.15, 0.2) is 28.7 Å². The molecule has 0 radical (unpaired) electrons. The normalized spacial score (nSPS) is 18.5. The monoisotopic (exact) mass is 369 g/mol. The van der Waals surface area contributed by atoms with E-state index in [-0.39, 0.29) is 5.91 Å². The Hall–Kier alpha value is -1.40. The predicted octanol–water partition coefficient (Wildman–Crippen LogP) is 2.48. The second-order valence-corrected chi connectivity index (χ2v) is 6.39. The Labute approximate surface area is 138 Å². The molecule has 0 bridgehead atoms. The van der Waals surface area contributed by atoms with Crippen molar-refractivity contribution in [2.45, 2.75) is 37.6 Å². The maximum Gasteiger partial charge on any atom is 0.326 e. The maximum absolute atomic E-state index is 12.8. The fraction of sp³-hybridized carbons (Fsp3) is 0.500. The summed E-state index contributed by atoms with van der Waals surface area (Å²) < 4.78 is 6.33. The molecule has 0 aromatic heterocycles. The number of carboxylic acids is 1. The predicted molar refractivity (Wildman–Crippen MR) is 85.7 cm³/mol. The Morgan fingerprint density at radius 2 is 1.91 bits per heavy atom. The van der Waals surface area contributed by atoms with Gasteiger partial charge in [-0.15, -0.1) is 0 Å². The zero-order valence-corrected chi connectivity index (χ0v) is 14.1. The van der Waals surface area contributed by atoms with Crippen LogP contribution in [0.5, 0.6) is 0 Å². The number of carbonyl (C=O) groups is 2. The van der Waals surface area contributed by atoms with E-state index in [0.717, 1.165) is 10.0 Å². The Balaban J connectivity index is 2.30. The average molecular weight is 370 g/mol. The number of benzene rings is 1. The highest BCUT2D eigenvalue weighted by Gasteiger charge is 2.42. The van der Waals surface area contributed by atoms with Gasteiger partial charge in [-0.1, -0.05) is 35.0 Å². The van der Waals surface area contributed by atoms with Crippen LogP contribution in [0.1, 0.15) is 31.7 Å². The molecule has 1 heterocycles. The summed E-state index contributed by atoms with van der Waals surface area (Å²) >= 11 is 3.39. The molecule has 2 N–H and O–H groups in total. The zero-order valence-electron chi connectivity index (χ0n) is 12.5. The van der Waals surface area contributed by atoms with Gasteiger partial charge in [0.1, 0.15) is 6.04 Å². The molecule has 1 fully saturated rings. The summed E-state index contributed by atoms with van der Waals surface area (Å²) in [5.41, 5.74) is 0.179. The minimum absolute atomic E-state index is 0.229. The van der Waals surface area contributed by atoms with E-state index in [4.69, 9.17) is 9.84 Å². The molecule has 22 heavy (non-hydrogen) atoms. The maximum atomic E-state index is 12.8. The molecule has 1 aromatic rings. The van der Waals surface area contributed by atoms with E-state index < -0.39 is 17.4 Å². The first-order valence-corrected chi connectivity index (χ1v) is 8.16. The van der Waals surface area contributed by atoms with E-state index in [1.807, 2.05) is 24.3 Å². The van der Waals surface area contributed by atoms with E-state index >= 15 is 0 Å². The standard InChI is InChI=1S/C16H20BrNO4/c1-2-13(14(19)20)18-15(21)16(7-9-22-10-8-16)11-3-5-12(17)6-4-11/h3-6,13H,2,7-10H2,1H3,(H,18,21)(H,19,20). The fourth-order valence-electron chi connectivity index (χ4n) is 2.77. The van der Waals surface area contributed by atoms with Gasteiger partial charge in [-0.25, -0.2) is 4.79 Å². The van der Waals surface area contributed by atoms with Gasteiger partial charge in [-0.2, -0.15) is 0 Å². The number of hydrogen-bond acceptors (Lipinski definition) is 3. The van der Waals surface area contributed by atoms with Crippen molar-refractivity contribution in [2.24, 2.45) is 0 Å². The van der Waals surface area contributed by atoms with Gasteiger partial charge in [0.2, 0.25) is 5.91 Å². The molecule has 2 rings (SSSR count). The van der Waals surface area contributed by atoms with E-state index in [1.54, 1.807) is 6.92 Å². The molecule has 0 spiro atoms. The van der Waals surface area contributed by atoms with Gasteiger partial charge in [-0.3, -0.25) is 4.79 Å². The summed E-state index contributed by atoms with van der Waals surface area (Å²) in [6.45, 7) is 2.73. The number of ether oxygens (including phenoxy) is 1. The summed E-state index contributed by atoms with van der Waals surface area (Å²) in [5, 5.41) is 11.8. The van der Waals surface area contributed by atoms with Crippen molar-refractivity contribution in [3.05, 3.63) is 34.3 Å². The first kappa shape index (κ1) is 17.0. The lowest BCUT2D eigenvalue weighted by Gasteiger charge is -2.37. The second-order valence-electron chi connectivity index (χ2n) is 5.47. The highest BCUT2D eigenvalue weighted by Crippen LogP contribution is 2.36. The van der Waals surface area contributed by atoms with Crippen molar-refractivity contribution < 1.29 is 19.4 Å². The van der Waals surface area contributed by atoms with Gasteiger partial charge in [0.05, 0.1) is 5.41 Å². The van der Waals surface area contributed by atoms with Gasteiger partial charge in [-0.05, 0) is 37.0 Å². The van der Waals surface area contributed by atoms with Crippen molar-refractivity contribution in [2.75, 3.05) is 13.2 Å². The lowest BCUT2D eigenvalue weighted by Crippen LogP contribution is -2.52. The van der Waals surface area contributed by atoms with Crippen LogP contribution < -0.4 is 5.32 Å². The number of amides is 1. The van der Waals surface area contributed by atoms with Crippen LogP contribution in [0.4, 0.5) is 0 Å². The number of hydrogen-bond donors (Lipinski definition) is 2. The van der Waals surface area contributed by atoms with Gasteiger partial charge in [0, 0.05) is 17.7 Å². The van der Waals surface area contributed by atoms with Crippen molar-refractivity contribution in [3.63, 3.8) is 0 Å². The van der Waals surface area contributed by atoms with Crippen LogP contribution in [-0.2, 0) is 19.7 Å². The molecule has 1 saturated heterocycles. The van der Waals surface area contributed by atoms with Crippen molar-refractivity contribution in [3.8, 4) is 0 Å². The molecule has 1 aliphatic rings. The summed E-state index contributed by atoms with van der Waals surface area (Å²) in [7, 11) is 0. The number of nitrogens with one attached hydrogen (secondary N) is 1. The molecule has 1 aromatic carbocycles. The average Bonchev–Trinajstić information content (AvgIpc) is 2.53. The topological polar surface area (TPSA) is 75.6 Å². The van der Waals surface area contributed by atoms with Crippen LogP contribution in [0.25, 0.3) is 0 Å². The second kappa shape index (κ2) is 7.24. The SMILES string of the molecule is CCC(NC(=O)C1(c2ccc(Br)cc2)CCOCC1)C(=O)O. The lowest BCUT2D eigenvalue weighted by molar-refractivity contribution is -0.143. The Kier molecular flexibility index (Phi) is 5.58. The number of carboxylic acid groups (broad SMARTS) is 1. The molecule has 1 unspecified atom stereocenters. The summed E-state index contributed by atoms with van der Waals surface area (Å²) in [6.07, 6.45) is 1.46. The minimum Gasteiger partial charge on any atom is -0.480 e. The fourth-order valence-corrected chi connectivity index (χ4v) is 3.03. The molecule has 0 saturated carbocycles. The van der Waals surface area contributed by atoms with Crippen molar-refractivity contribution in [1.29, 1.82) is 0 Å². The largest absolute Gasteiger partial charge is 0.480 e. The number of halogens is 1. The molecule has 1 atom stereocenters. The smallest absolute Gasteiger partial charge is 0.326 e. The molecule has 1 amide bonds. The summed E-state index contributed by atoms with van der Waals surface area (Å²) in [6, 6.07) is 6.76. The van der Waals surface area contributed by atoms with Crippen molar-refractivity contribution in [1.82, 2.24) is 5.32 Å². The molecule has 6 heteroatoms. The van der Waals surface area contributed by atoms with E-state index in [1.165, 1.54) is 0 Å². The van der Waals surface area contributed by atoms with E-state index in [2.05, 4.69) is 21.2 Å². The minimum atomic E-state index is -1.01. The first-order chi connectivity index (χ1) is 10.5. The molecule has 120 valence electrons. The lowest BCUT2D eigenvalue weighted by atomic mass is 9.73. The van der Waals surface area contributed by atoms with Crippen molar-refractivity contribution >= 4 is 27.8 Å². The zero-order chi connectivity index (χ0) is 16.2. The Bertz CT molecular complexity index is 538. The quantitative estimate of drug-likeness (QED) is 0.835. The molecule has 5 nitrogen and oxygen atoms in total. The van der Waals surface area contributed by atoms with Crippen LogP contribution in [-0.4, -0.2) is 36.2 Å². The number of rotatable bonds is 5. The molecular formula is C16H20BrNO4. The number of aliphatic carboxylic acids is 1. The van der Waals surface area contributed by atoms with Gasteiger partial charge >= 0.3 is 5.97 Å². The van der Waals surface area contributed by atoms with Crippen LogP contribution in [0.2, 0.25) is 0 Å². The summed E-state index contributed by atoms with van der Waals surface area (Å²) in [5.74, 6) is -1.23. The molecular weight excluding hydrogens is 350 g/mol. The van der Waals surface area contributed by atoms with Gasteiger partial charge in [0.15, 0.2) is 0 Å². The highest BCUT2D eigenvalue weighted by molar-refractivity contribution is 9.10. The highest BCUT2D eigenvalue weighted by atomic mass is 79.9. The van der Waals surface area contributed by atoms with E-state index in [0.29, 0.717) is 32.5 Å². The third kappa shape index (κ3) is 3.50. The molecule has 1 aliphatic heterocycles. The van der Waals surface area contributed by atoms with E-state index in [9.17, 15) is 9.59 Å². The Morgan fingerprint density at radius 1 is 1.32 bits per heavy atom. The van der Waals surface area contributed by atoms with Crippen LogP contribution >= 0.6 is 15.9 Å². The van der Waals surface area contributed by atoms with Crippen LogP contribution in [0, 0.1) is 0 Å². The third-order valence-corrected chi connectivity index (χ3v) is 4.72. The summed E-state index contributed by atoms with van der Waals surface area (Å²) in [4.78, 5) is 24.0. The Morgan fingerprint density at radius 3 is 2.41 bits per heavy atom. The molecule has 0 aliphatic carbocycles. The van der Waals surface area contributed by atoms with Gasteiger partial charge < -0.3 is 15.2 Å². The number of carbonyl (C=O) groups excluding carboxylic acids is 1. The third-order valence-electron chi connectivity index (χ3n) is 4.19. The van der Waals surface area contributed by atoms with Gasteiger partial charge in [0.25, 0.3) is 0 Å². The van der Waals surface area contributed by atoms with Crippen LogP contribution in [0.3, 0.4) is 0 Å².